The topological polar surface area (TPSA) is 81.4 Å². The maximum Gasteiger partial charge on any atom is 0.238 e. The lowest BCUT2D eigenvalue weighted by atomic mass is 9.96. The molecule has 5 nitrogen and oxygen atoms in total. The minimum Gasteiger partial charge on any atom is -0.287 e. The Balaban J connectivity index is 2.37. The van der Waals surface area contributed by atoms with Gasteiger partial charge in [-0.2, -0.15) is 0 Å². The number of hydrogen-bond donors (Lipinski definition) is 2. The first-order valence-corrected chi connectivity index (χ1v) is 6.11. The molecule has 1 fully saturated rings. The Kier molecular flexibility index (Phi) is 4.11. The Labute approximate surface area is 78.6 Å². The Hall–Kier alpha value is -0.170. The van der Waals surface area contributed by atoms with E-state index in [1.54, 1.807) is 0 Å². The van der Waals surface area contributed by atoms with Crippen LogP contribution in [0.3, 0.4) is 0 Å². The summed E-state index contributed by atoms with van der Waals surface area (Å²) in [7, 11) is -3.33. The van der Waals surface area contributed by atoms with Gasteiger partial charge in [0.05, 0.1) is 0 Å². The quantitative estimate of drug-likeness (QED) is 0.641. The molecule has 6 heteroatoms. The second-order valence-electron chi connectivity index (χ2n) is 3.35. The highest BCUT2D eigenvalue weighted by Crippen LogP contribution is 2.17. The molecule has 0 saturated heterocycles. The predicted molar refractivity (Wildman–Crippen MR) is 49.1 cm³/mol. The van der Waals surface area contributed by atoms with Gasteiger partial charge in [0.2, 0.25) is 10.0 Å². The van der Waals surface area contributed by atoms with E-state index in [0.29, 0.717) is 0 Å². The normalized spacial score (nSPS) is 20.4. The largest absolute Gasteiger partial charge is 0.287 e. The zero-order valence-corrected chi connectivity index (χ0v) is 8.35. The van der Waals surface area contributed by atoms with E-state index in [4.69, 9.17) is 5.90 Å². The summed E-state index contributed by atoms with van der Waals surface area (Å²) in [6.45, 7) is 0. The summed E-state index contributed by atoms with van der Waals surface area (Å²) in [5, 5.41) is 0. The monoisotopic (exact) mass is 208 g/mol. The molecular weight excluding hydrogens is 192 g/mol. The van der Waals surface area contributed by atoms with E-state index in [-0.39, 0.29) is 6.04 Å². The summed E-state index contributed by atoms with van der Waals surface area (Å²) < 4.78 is 24.9. The molecule has 0 radical (unpaired) electrons. The highest BCUT2D eigenvalue weighted by molar-refractivity contribution is 7.89. The molecule has 0 aliphatic heterocycles. The number of rotatable bonds is 4. The minimum atomic E-state index is -3.33. The van der Waals surface area contributed by atoms with E-state index in [2.05, 4.69) is 9.56 Å². The Morgan fingerprint density at radius 3 is 2.46 bits per heavy atom. The van der Waals surface area contributed by atoms with Crippen LogP contribution in [0.4, 0.5) is 0 Å². The van der Waals surface area contributed by atoms with Crippen LogP contribution in [0.15, 0.2) is 0 Å². The van der Waals surface area contributed by atoms with Crippen molar-refractivity contribution in [3.8, 4) is 0 Å². The van der Waals surface area contributed by atoms with Gasteiger partial charge in [-0.3, -0.25) is 4.84 Å². The molecule has 1 aliphatic rings. The van der Waals surface area contributed by atoms with Gasteiger partial charge < -0.3 is 0 Å². The van der Waals surface area contributed by atoms with Crippen LogP contribution in [0.1, 0.15) is 32.1 Å². The summed E-state index contributed by atoms with van der Waals surface area (Å²) >= 11 is 0. The zero-order valence-electron chi connectivity index (χ0n) is 7.53. The van der Waals surface area contributed by atoms with E-state index >= 15 is 0 Å². The number of nitrogens with one attached hydrogen (secondary N) is 1. The third-order valence-corrected chi connectivity index (χ3v) is 3.31. The second-order valence-corrected chi connectivity index (χ2v) is 5.05. The summed E-state index contributed by atoms with van der Waals surface area (Å²) in [6, 6.07) is 0.0777. The average Bonchev–Trinajstić information content (AvgIpc) is 2.04. The first-order valence-electron chi connectivity index (χ1n) is 4.46. The third-order valence-electron chi connectivity index (χ3n) is 2.17. The van der Waals surface area contributed by atoms with Crippen LogP contribution in [-0.2, 0) is 14.9 Å². The van der Waals surface area contributed by atoms with Gasteiger partial charge in [-0.25, -0.2) is 19.0 Å². The van der Waals surface area contributed by atoms with Gasteiger partial charge in [-0.05, 0) is 12.8 Å². The molecule has 0 unspecified atom stereocenters. The number of hydrogen-bond acceptors (Lipinski definition) is 4. The number of nitrogens with two attached hydrogens (primary N) is 1. The number of sulfonamides is 1. The molecule has 0 aromatic rings. The van der Waals surface area contributed by atoms with Crippen molar-refractivity contribution in [1.29, 1.82) is 0 Å². The summed E-state index contributed by atoms with van der Waals surface area (Å²) in [4.78, 5) is 4.10. The SMILES string of the molecule is NOCS(=O)(=O)NC1CCCCC1. The van der Waals surface area contributed by atoms with Crippen molar-refractivity contribution in [1.82, 2.24) is 4.72 Å². The van der Waals surface area contributed by atoms with Crippen molar-refractivity contribution in [2.24, 2.45) is 5.90 Å². The van der Waals surface area contributed by atoms with Gasteiger partial charge in [0.1, 0.15) is 0 Å². The maximum atomic E-state index is 11.2. The third kappa shape index (κ3) is 4.04. The molecule has 0 bridgehead atoms. The first kappa shape index (κ1) is 10.9. The van der Waals surface area contributed by atoms with Crippen LogP contribution in [0, 0.1) is 0 Å². The van der Waals surface area contributed by atoms with Gasteiger partial charge in [0.15, 0.2) is 5.94 Å². The van der Waals surface area contributed by atoms with Gasteiger partial charge in [0.25, 0.3) is 0 Å². The van der Waals surface area contributed by atoms with Crippen molar-refractivity contribution in [2.75, 3.05) is 5.94 Å². The Morgan fingerprint density at radius 2 is 1.92 bits per heavy atom. The second kappa shape index (κ2) is 4.90. The summed E-state index contributed by atoms with van der Waals surface area (Å²) in [6.07, 6.45) is 5.23. The molecule has 0 heterocycles. The summed E-state index contributed by atoms with van der Waals surface area (Å²) in [5.74, 6) is 4.25. The molecule has 0 spiro atoms. The molecule has 1 rings (SSSR count). The van der Waals surface area contributed by atoms with Crippen molar-refractivity contribution < 1.29 is 13.3 Å². The Morgan fingerprint density at radius 1 is 1.31 bits per heavy atom. The van der Waals surface area contributed by atoms with Gasteiger partial charge in [-0.1, -0.05) is 19.3 Å². The molecule has 13 heavy (non-hydrogen) atoms. The van der Waals surface area contributed by atoms with Crippen LogP contribution in [0.2, 0.25) is 0 Å². The first-order chi connectivity index (χ1) is 6.14. The van der Waals surface area contributed by atoms with Gasteiger partial charge >= 0.3 is 0 Å². The van der Waals surface area contributed by atoms with Crippen LogP contribution >= 0.6 is 0 Å². The molecular formula is C7H16N2O3S. The molecule has 3 N–H and O–H groups in total. The van der Waals surface area contributed by atoms with Gasteiger partial charge in [-0.15, -0.1) is 0 Å². The minimum absolute atomic E-state index is 0.0777. The maximum absolute atomic E-state index is 11.2. The van der Waals surface area contributed by atoms with Crippen molar-refractivity contribution >= 4 is 10.0 Å². The van der Waals surface area contributed by atoms with E-state index in [1.807, 2.05) is 0 Å². The van der Waals surface area contributed by atoms with E-state index in [1.165, 1.54) is 6.42 Å². The lowest BCUT2D eigenvalue weighted by molar-refractivity contribution is 0.181. The molecule has 1 saturated carbocycles. The van der Waals surface area contributed by atoms with E-state index in [0.717, 1.165) is 25.7 Å². The Bertz CT molecular complexity index is 234. The van der Waals surface area contributed by atoms with Crippen LogP contribution in [0.5, 0.6) is 0 Å². The highest BCUT2D eigenvalue weighted by atomic mass is 32.2. The van der Waals surface area contributed by atoms with Crippen molar-refractivity contribution in [2.45, 2.75) is 38.1 Å². The molecule has 0 atom stereocenters. The lowest BCUT2D eigenvalue weighted by Crippen LogP contribution is -2.38. The smallest absolute Gasteiger partial charge is 0.238 e. The lowest BCUT2D eigenvalue weighted by Gasteiger charge is -2.22. The predicted octanol–water partition coefficient (Wildman–Crippen LogP) is 0.0863. The van der Waals surface area contributed by atoms with Crippen LogP contribution < -0.4 is 10.6 Å². The van der Waals surface area contributed by atoms with E-state index in [9.17, 15) is 8.42 Å². The average molecular weight is 208 g/mol. The van der Waals surface area contributed by atoms with E-state index < -0.39 is 16.0 Å². The van der Waals surface area contributed by atoms with Crippen LogP contribution in [0.25, 0.3) is 0 Å². The molecule has 78 valence electrons. The fourth-order valence-electron chi connectivity index (χ4n) is 1.60. The fraction of sp³-hybridized carbons (Fsp3) is 1.00. The zero-order chi connectivity index (χ0) is 9.73. The summed E-state index contributed by atoms with van der Waals surface area (Å²) in [5.41, 5.74) is 0. The van der Waals surface area contributed by atoms with Gasteiger partial charge in [0, 0.05) is 6.04 Å². The standard InChI is InChI=1S/C7H16N2O3S/c8-12-6-13(10,11)9-7-4-2-1-3-5-7/h7,9H,1-6,8H2. The molecule has 0 aromatic carbocycles. The fourth-order valence-corrected chi connectivity index (χ4v) is 2.59. The molecule has 0 amide bonds. The molecule has 0 aromatic heterocycles. The van der Waals surface area contributed by atoms with Crippen LogP contribution in [-0.4, -0.2) is 20.4 Å². The molecule has 1 aliphatic carbocycles. The van der Waals surface area contributed by atoms with Crippen molar-refractivity contribution in [3.05, 3.63) is 0 Å². The van der Waals surface area contributed by atoms with Crippen molar-refractivity contribution in [3.63, 3.8) is 0 Å². The highest BCUT2D eigenvalue weighted by Gasteiger charge is 2.19.